The molecule has 184 valence electrons. The highest BCUT2D eigenvalue weighted by Crippen LogP contribution is 2.37. The summed E-state index contributed by atoms with van der Waals surface area (Å²) in [6, 6.07) is 9.93. The Balaban J connectivity index is 1.94. The number of amides is 1. The van der Waals surface area contributed by atoms with Gasteiger partial charge in [0.25, 0.3) is 5.91 Å². The molecule has 1 amide bonds. The molecule has 0 aliphatic carbocycles. The first-order valence-electron chi connectivity index (χ1n) is 12.2. The number of hydrogen-bond acceptors (Lipinski definition) is 4. The lowest BCUT2D eigenvalue weighted by Crippen LogP contribution is -2.37. The monoisotopic (exact) mass is 472 g/mol. The standard InChI is InChI=1S/C30H36N2O3/c1-3-5-6-7-8-9-14-24(13-4-2)28-26-16-11-10-15-25(26)23-27(29(28)30(31)33)35-20-12-17-32-18-21-34-22-19-32/h3-4,6-11,14-16,23H,1-2,5,12-13,17-22H2,(H2,31,33). The molecule has 5 nitrogen and oxygen atoms in total. The summed E-state index contributed by atoms with van der Waals surface area (Å²) in [5.41, 5.74) is 8.11. The number of ether oxygens (including phenoxy) is 2. The average molecular weight is 473 g/mol. The molecule has 1 fully saturated rings. The van der Waals surface area contributed by atoms with Crippen molar-refractivity contribution in [1.82, 2.24) is 4.90 Å². The Kier molecular flexibility index (Phi) is 10.6. The summed E-state index contributed by atoms with van der Waals surface area (Å²) in [5, 5.41) is 1.96. The number of carbonyl (C=O) groups excluding carboxylic acids is 1. The highest BCUT2D eigenvalue weighted by molar-refractivity contribution is 6.09. The molecule has 1 heterocycles. The normalized spacial score (nSPS) is 15.1. The maximum absolute atomic E-state index is 12.8. The topological polar surface area (TPSA) is 64.8 Å². The van der Waals surface area contributed by atoms with E-state index in [0.717, 1.165) is 67.6 Å². The average Bonchev–Trinajstić information content (AvgIpc) is 2.87. The first-order chi connectivity index (χ1) is 17.2. The summed E-state index contributed by atoms with van der Waals surface area (Å²) in [5.74, 6) is 0.0248. The summed E-state index contributed by atoms with van der Waals surface area (Å²) in [6.07, 6.45) is 15.9. The third-order valence-electron chi connectivity index (χ3n) is 5.88. The summed E-state index contributed by atoms with van der Waals surface area (Å²) in [4.78, 5) is 15.1. The Morgan fingerprint density at radius 2 is 1.89 bits per heavy atom. The van der Waals surface area contributed by atoms with Crippen LogP contribution >= 0.6 is 0 Å². The predicted molar refractivity (Wildman–Crippen MR) is 146 cm³/mol. The van der Waals surface area contributed by atoms with Crippen LogP contribution in [0.5, 0.6) is 5.75 Å². The van der Waals surface area contributed by atoms with Crippen molar-refractivity contribution >= 4 is 22.3 Å². The molecule has 0 bridgehead atoms. The number of nitrogens with two attached hydrogens (primary N) is 1. The Hall–Kier alpha value is -3.41. The predicted octanol–water partition coefficient (Wildman–Crippen LogP) is 5.69. The number of morpholine rings is 1. The molecule has 0 radical (unpaired) electrons. The van der Waals surface area contributed by atoms with E-state index in [-0.39, 0.29) is 0 Å². The molecule has 0 aromatic heterocycles. The molecule has 1 aliphatic heterocycles. The lowest BCUT2D eigenvalue weighted by Gasteiger charge is -2.26. The summed E-state index contributed by atoms with van der Waals surface area (Å²) >= 11 is 0. The lowest BCUT2D eigenvalue weighted by molar-refractivity contribution is 0.0357. The van der Waals surface area contributed by atoms with Gasteiger partial charge in [0.1, 0.15) is 5.75 Å². The zero-order chi connectivity index (χ0) is 24.9. The number of primary amides is 1. The van der Waals surface area contributed by atoms with Gasteiger partial charge in [-0.1, -0.05) is 66.8 Å². The second-order valence-electron chi connectivity index (χ2n) is 8.39. The molecule has 1 aliphatic rings. The van der Waals surface area contributed by atoms with Crippen LogP contribution in [0.1, 0.15) is 35.2 Å². The lowest BCUT2D eigenvalue weighted by atomic mass is 9.90. The van der Waals surface area contributed by atoms with Gasteiger partial charge in [-0.05, 0) is 41.7 Å². The van der Waals surface area contributed by atoms with Crippen LogP contribution in [0.3, 0.4) is 0 Å². The maximum Gasteiger partial charge on any atom is 0.253 e. The fraction of sp³-hybridized carbons (Fsp3) is 0.300. The van der Waals surface area contributed by atoms with E-state index in [1.54, 1.807) is 0 Å². The van der Waals surface area contributed by atoms with Crippen molar-refractivity contribution in [3.63, 3.8) is 0 Å². The SMILES string of the molecule is C=CCC=CC=CC=C(CC=C)c1c(C(N)=O)c(OCCCN2CCOCC2)cc2ccccc12. The Bertz CT molecular complexity index is 1110. The molecule has 0 unspecified atom stereocenters. The highest BCUT2D eigenvalue weighted by Gasteiger charge is 2.21. The van der Waals surface area contributed by atoms with Gasteiger partial charge in [0, 0.05) is 25.2 Å². The number of rotatable bonds is 13. The van der Waals surface area contributed by atoms with Crippen molar-refractivity contribution in [2.45, 2.75) is 19.3 Å². The molecule has 5 heteroatoms. The van der Waals surface area contributed by atoms with E-state index in [1.807, 2.05) is 72.9 Å². The van der Waals surface area contributed by atoms with E-state index in [2.05, 4.69) is 18.1 Å². The number of fused-ring (bicyclic) bond motifs is 1. The van der Waals surface area contributed by atoms with E-state index in [1.165, 1.54) is 0 Å². The van der Waals surface area contributed by atoms with E-state index in [4.69, 9.17) is 15.2 Å². The van der Waals surface area contributed by atoms with Crippen molar-refractivity contribution in [2.24, 2.45) is 5.73 Å². The first-order valence-corrected chi connectivity index (χ1v) is 12.2. The second-order valence-corrected chi connectivity index (χ2v) is 8.39. The van der Waals surface area contributed by atoms with Gasteiger partial charge in [-0.25, -0.2) is 0 Å². The van der Waals surface area contributed by atoms with E-state index in [9.17, 15) is 4.79 Å². The van der Waals surface area contributed by atoms with Crippen molar-refractivity contribution in [1.29, 1.82) is 0 Å². The molecule has 2 aromatic rings. The van der Waals surface area contributed by atoms with Gasteiger partial charge >= 0.3 is 0 Å². The number of allylic oxidation sites excluding steroid dienone is 8. The quantitative estimate of drug-likeness (QED) is 0.231. The highest BCUT2D eigenvalue weighted by atomic mass is 16.5. The van der Waals surface area contributed by atoms with Crippen molar-refractivity contribution < 1.29 is 14.3 Å². The van der Waals surface area contributed by atoms with Crippen LogP contribution < -0.4 is 10.5 Å². The van der Waals surface area contributed by atoms with Gasteiger partial charge in [-0.2, -0.15) is 0 Å². The molecular weight excluding hydrogens is 436 g/mol. The molecule has 0 atom stereocenters. The van der Waals surface area contributed by atoms with Crippen LogP contribution in [0.25, 0.3) is 16.3 Å². The van der Waals surface area contributed by atoms with Crippen LogP contribution in [0.15, 0.2) is 86.0 Å². The smallest absolute Gasteiger partial charge is 0.253 e. The second kappa shape index (κ2) is 14.1. The molecule has 1 saturated heterocycles. The fourth-order valence-corrected chi connectivity index (χ4v) is 4.21. The molecule has 2 N–H and O–H groups in total. The fourth-order valence-electron chi connectivity index (χ4n) is 4.21. The molecule has 0 spiro atoms. The van der Waals surface area contributed by atoms with Gasteiger partial charge in [0.05, 0.1) is 25.4 Å². The number of nitrogens with zero attached hydrogens (tertiary/aromatic N) is 1. The van der Waals surface area contributed by atoms with Crippen LogP contribution in [0.2, 0.25) is 0 Å². The van der Waals surface area contributed by atoms with Crippen LogP contribution in [0, 0.1) is 0 Å². The summed E-state index contributed by atoms with van der Waals surface area (Å²) in [6.45, 7) is 12.5. The third-order valence-corrected chi connectivity index (χ3v) is 5.88. The molecule has 3 rings (SSSR count). The van der Waals surface area contributed by atoms with Crippen LogP contribution in [-0.4, -0.2) is 50.3 Å². The van der Waals surface area contributed by atoms with Crippen LogP contribution in [0.4, 0.5) is 0 Å². The van der Waals surface area contributed by atoms with Gasteiger partial charge in [0.2, 0.25) is 0 Å². The molecule has 35 heavy (non-hydrogen) atoms. The Morgan fingerprint density at radius 1 is 1.09 bits per heavy atom. The van der Waals surface area contributed by atoms with Gasteiger partial charge in [-0.15, -0.1) is 13.2 Å². The van der Waals surface area contributed by atoms with Gasteiger partial charge in [-0.3, -0.25) is 9.69 Å². The zero-order valence-electron chi connectivity index (χ0n) is 20.5. The minimum atomic E-state index is -0.501. The maximum atomic E-state index is 12.8. The Labute approximate surface area is 208 Å². The van der Waals surface area contributed by atoms with E-state index >= 15 is 0 Å². The van der Waals surface area contributed by atoms with Crippen molar-refractivity contribution in [3.05, 3.63) is 97.1 Å². The van der Waals surface area contributed by atoms with Crippen LogP contribution in [-0.2, 0) is 4.74 Å². The van der Waals surface area contributed by atoms with E-state index < -0.39 is 5.91 Å². The van der Waals surface area contributed by atoms with Gasteiger partial charge < -0.3 is 15.2 Å². The minimum Gasteiger partial charge on any atom is -0.493 e. The van der Waals surface area contributed by atoms with E-state index in [0.29, 0.717) is 24.3 Å². The minimum absolute atomic E-state index is 0.416. The zero-order valence-corrected chi connectivity index (χ0v) is 20.5. The Morgan fingerprint density at radius 3 is 2.63 bits per heavy atom. The molecule has 0 saturated carbocycles. The molecule has 2 aromatic carbocycles. The number of carbonyl (C=O) groups is 1. The van der Waals surface area contributed by atoms with Crippen molar-refractivity contribution in [3.8, 4) is 5.75 Å². The largest absolute Gasteiger partial charge is 0.493 e. The summed E-state index contributed by atoms with van der Waals surface area (Å²) in [7, 11) is 0. The molecular formula is C30H36N2O3. The summed E-state index contributed by atoms with van der Waals surface area (Å²) < 4.78 is 11.6. The van der Waals surface area contributed by atoms with Gasteiger partial charge in [0.15, 0.2) is 0 Å². The first kappa shape index (κ1) is 26.2. The number of hydrogen-bond donors (Lipinski definition) is 1. The number of benzene rings is 2. The van der Waals surface area contributed by atoms with Crippen molar-refractivity contribution in [2.75, 3.05) is 39.5 Å². The third kappa shape index (κ3) is 7.54.